The molecule has 0 spiro atoms. The zero-order chi connectivity index (χ0) is 22.4. The third-order valence-electron chi connectivity index (χ3n) is 5.97. The molecular weight excluding hydrogens is 412 g/mol. The average Bonchev–Trinajstić information content (AvgIpc) is 3.45. The Hall–Kier alpha value is -4.26. The van der Waals surface area contributed by atoms with Crippen molar-refractivity contribution in [2.75, 3.05) is 5.32 Å². The average molecular weight is 435 g/mol. The van der Waals surface area contributed by atoms with Crippen LogP contribution < -0.4 is 5.32 Å². The predicted molar refractivity (Wildman–Crippen MR) is 127 cm³/mol. The number of para-hydroxylation sites is 1. The van der Waals surface area contributed by atoms with E-state index < -0.39 is 0 Å². The van der Waals surface area contributed by atoms with Crippen molar-refractivity contribution < 1.29 is 4.79 Å². The fourth-order valence-corrected chi connectivity index (χ4v) is 4.14. The quantitative estimate of drug-likeness (QED) is 0.420. The molecule has 0 bridgehead atoms. The Morgan fingerprint density at radius 1 is 1.00 bits per heavy atom. The van der Waals surface area contributed by atoms with Gasteiger partial charge in [0, 0.05) is 29.7 Å². The van der Waals surface area contributed by atoms with Crippen molar-refractivity contribution in [3.05, 3.63) is 96.1 Å². The van der Waals surface area contributed by atoms with Crippen molar-refractivity contribution in [3.8, 4) is 11.4 Å². The Morgan fingerprint density at radius 3 is 2.48 bits per heavy atom. The van der Waals surface area contributed by atoms with Crippen LogP contribution in [0.1, 0.15) is 40.5 Å². The maximum Gasteiger partial charge on any atom is 0.256 e. The molecule has 1 saturated carbocycles. The van der Waals surface area contributed by atoms with Crippen LogP contribution in [0.2, 0.25) is 0 Å². The molecule has 0 radical (unpaired) electrons. The normalized spacial score (nSPS) is 13.4. The largest absolute Gasteiger partial charge is 0.322 e. The molecule has 1 aliphatic rings. The first-order chi connectivity index (χ1) is 16.2. The second-order valence-corrected chi connectivity index (χ2v) is 8.35. The highest BCUT2D eigenvalue weighted by atomic mass is 16.1. The first-order valence-corrected chi connectivity index (χ1v) is 11.0. The lowest BCUT2D eigenvalue weighted by molar-refractivity contribution is 0.102. The third-order valence-corrected chi connectivity index (χ3v) is 5.97. The van der Waals surface area contributed by atoms with Gasteiger partial charge in [-0.05, 0) is 68.3 Å². The number of pyridine rings is 1. The Balaban J connectivity index is 1.40. The van der Waals surface area contributed by atoms with Crippen LogP contribution in [0.5, 0.6) is 0 Å². The standard InChI is InChI=1S/C26H22N6O/c1-17-24-22(26(33)28-19-10-12-20(13-11-19)31-15-5-14-27-31)16-23(18-8-9-18)29-25(24)32(30-17)21-6-3-2-4-7-21/h2-7,10-16,18H,8-9H2,1H3,(H,28,33). The number of aromatic nitrogens is 5. The van der Waals surface area contributed by atoms with E-state index in [0.29, 0.717) is 11.5 Å². The van der Waals surface area contributed by atoms with E-state index in [1.807, 2.05) is 84.5 Å². The summed E-state index contributed by atoms with van der Waals surface area (Å²) in [5, 5.41) is 12.8. The summed E-state index contributed by atoms with van der Waals surface area (Å²) in [5.41, 5.74) is 5.65. The van der Waals surface area contributed by atoms with Gasteiger partial charge in [0.15, 0.2) is 5.65 Å². The van der Waals surface area contributed by atoms with Crippen LogP contribution in [0.15, 0.2) is 79.1 Å². The van der Waals surface area contributed by atoms with Crippen molar-refractivity contribution in [2.24, 2.45) is 0 Å². The SMILES string of the molecule is Cc1nn(-c2ccccc2)c2nc(C3CC3)cc(C(=O)Nc3ccc(-n4cccn4)cc3)c12. The van der Waals surface area contributed by atoms with E-state index in [1.54, 1.807) is 10.9 Å². The molecule has 33 heavy (non-hydrogen) atoms. The smallest absolute Gasteiger partial charge is 0.256 e. The van der Waals surface area contributed by atoms with Gasteiger partial charge in [0.25, 0.3) is 5.91 Å². The molecule has 0 aliphatic heterocycles. The summed E-state index contributed by atoms with van der Waals surface area (Å²) in [6.07, 6.45) is 5.83. The molecule has 5 aromatic rings. The number of nitrogens with one attached hydrogen (secondary N) is 1. The van der Waals surface area contributed by atoms with Gasteiger partial charge in [0.2, 0.25) is 0 Å². The van der Waals surface area contributed by atoms with Crippen molar-refractivity contribution in [1.29, 1.82) is 0 Å². The highest BCUT2D eigenvalue weighted by Crippen LogP contribution is 2.40. The number of carbonyl (C=O) groups excluding carboxylic acids is 1. The molecule has 2 aromatic carbocycles. The highest BCUT2D eigenvalue weighted by Gasteiger charge is 2.29. The number of benzene rings is 2. The van der Waals surface area contributed by atoms with Crippen molar-refractivity contribution in [1.82, 2.24) is 24.5 Å². The van der Waals surface area contributed by atoms with Gasteiger partial charge in [0.1, 0.15) is 0 Å². The second kappa shape index (κ2) is 7.70. The number of anilines is 1. The van der Waals surface area contributed by atoms with Crippen LogP contribution in [-0.2, 0) is 0 Å². The molecule has 0 unspecified atom stereocenters. The Bertz CT molecular complexity index is 1450. The second-order valence-electron chi connectivity index (χ2n) is 8.35. The van der Waals surface area contributed by atoms with Gasteiger partial charge in [-0.15, -0.1) is 0 Å². The molecule has 0 saturated heterocycles. The van der Waals surface area contributed by atoms with Gasteiger partial charge in [-0.3, -0.25) is 4.79 Å². The zero-order valence-electron chi connectivity index (χ0n) is 18.1. The highest BCUT2D eigenvalue weighted by molar-refractivity contribution is 6.12. The van der Waals surface area contributed by atoms with E-state index in [9.17, 15) is 4.79 Å². The molecule has 7 nitrogen and oxygen atoms in total. The number of amides is 1. The Kier molecular flexibility index (Phi) is 4.54. The van der Waals surface area contributed by atoms with E-state index in [0.717, 1.165) is 52.3 Å². The van der Waals surface area contributed by atoms with E-state index in [-0.39, 0.29) is 5.91 Å². The summed E-state index contributed by atoms with van der Waals surface area (Å²) < 4.78 is 3.62. The lowest BCUT2D eigenvalue weighted by Gasteiger charge is -2.10. The molecule has 1 amide bonds. The molecule has 7 heteroatoms. The summed E-state index contributed by atoms with van der Waals surface area (Å²) in [7, 11) is 0. The number of rotatable bonds is 5. The lowest BCUT2D eigenvalue weighted by atomic mass is 10.1. The number of carbonyl (C=O) groups is 1. The molecule has 1 N–H and O–H groups in total. The number of nitrogens with zero attached hydrogens (tertiary/aromatic N) is 5. The van der Waals surface area contributed by atoms with Gasteiger partial charge in [-0.2, -0.15) is 10.2 Å². The third kappa shape index (κ3) is 3.57. The van der Waals surface area contributed by atoms with Crippen LogP contribution in [0.3, 0.4) is 0 Å². The fraction of sp³-hybridized carbons (Fsp3) is 0.154. The molecule has 1 aliphatic carbocycles. The minimum atomic E-state index is -0.160. The molecule has 3 heterocycles. The number of aryl methyl sites for hydroxylation is 1. The van der Waals surface area contributed by atoms with Gasteiger partial charge in [-0.25, -0.2) is 14.3 Å². The van der Waals surface area contributed by atoms with Crippen molar-refractivity contribution >= 4 is 22.6 Å². The molecule has 1 fully saturated rings. The van der Waals surface area contributed by atoms with Gasteiger partial charge >= 0.3 is 0 Å². The first kappa shape index (κ1) is 19.4. The van der Waals surface area contributed by atoms with Gasteiger partial charge in [0.05, 0.1) is 28.0 Å². The van der Waals surface area contributed by atoms with Crippen molar-refractivity contribution in [2.45, 2.75) is 25.7 Å². The summed E-state index contributed by atoms with van der Waals surface area (Å²) in [4.78, 5) is 18.4. The molecule has 6 rings (SSSR count). The van der Waals surface area contributed by atoms with E-state index in [2.05, 4.69) is 10.4 Å². The van der Waals surface area contributed by atoms with Gasteiger partial charge < -0.3 is 5.32 Å². The maximum atomic E-state index is 13.4. The summed E-state index contributed by atoms with van der Waals surface area (Å²) >= 11 is 0. The monoisotopic (exact) mass is 434 g/mol. The van der Waals surface area contributed by atoms with E-state index in [1.165, 1.54) is 0 Å². The van der Waals surface area contributed by atoms with Crippen LogP contribution in [0.4, 0.5) is 5.69 Å². The molecule has 3 aromatic heterocycles. The minimum Gasteiger partial charge on any atom is -0.322 e. The Morgan fingerprint density at radius 2 is 1.79 bits per heavy atom. The van der Waals surface area contributed by atoms with Crippen molar-refractivity contribution in [3.63, 3.8) is 0 Å². The fourth-order valence-electron chi connectivity index (χ4n) is 4.14. The lowest BCUT2D eigenvalue weighted by Crippen LogP contribution is -2.14. The first-order valence-electron chi connectivity index (χ1n) is 11.0. The zero-order valence-corrected chi connectivity index (χ0v) is 18.1. The topological polar surface area (TPSA) is 77.6 Å². The number of hydrogen-bond donors (Lipinski definition) is 1. The van der Waals surface area contributed by atoms with E-state index >= 15 is 0 Å². The van der Waals surface area contributed by atoms with Crippen LogP contribution >= 0.6 is 0 Å². The Labute approximate surface area is 190 Å². The van der Waals surface area contributed by atoms with E-state index in [4.69, 9.17) is 10.1 Å². The number of hydrogen-bond acceptors (Lipinski definition) is 4. The predicted octanol–water partition coefficient (Wildman–Crippen LogP) is 5.04. The molecule has 0 atom stereocenters. The van der Waals surface area contributed by atoms with Crippen LogP contribution in [0.25, 0.3) is 22.4 Å². The summed E-state index contributed by atoms with van der Waals surface area (Å²) in [6, 6.07) is 21.4. The summed E-state index contributed by atoms with van der Waals surface area (Å²) in [6.45, 7) is 1.93. The summed E-state index contributed by atoms with van der Waals surface area (Å²) in [5.74, 6) is 0.251. The molecule has 162 valence electrons. The minimum absolute atomic E-state index is 0.160. The van der Waals surface area contributed by atoms with Gasteiger partial charge in [-0.1, -0.05) is 18.2 Å². The molecular formula is C26H22N6O. The number of fused-ring (bicyclic) bond motifs is 1. The van der Waals surface area contributed by atoms with Crippen LogP contribution in [0, 0.1) is 6.92 Å². The van der Waals surface area contributed by atoms with Crippen LogP contribution in [-0.4, -0.2) is 30.5 Å². The maximum absolute atomic E-state index is 13.4.